The second-order valence-corrected chi connectivity index (χ2v) is 5.81. The van der Waals surface area contributed by atoms with Gasteiger partial charge in [-0.05, 0) is 31.5 Å². The van der Waals surface area contributed by atoms with Crippen molar-refractivity contribution in [2.75, 3.05) is 17.7 Å². The lowest BCUT2D eigenvalue weighted by molar-refractivity contribution is -0.0975. The van der Waals surface area contributed by atoms with Crippen molar-refractivity contribution in [1.29, 1.82) is 0 Å². The highest BCUT2D eigenvalue weighted by molar-refractivity contribution is 5.90. The number of carboxylic acids is 1. The molecular weight excluding hydrogens is 256 g/mol. The van der Waals surface area contributed by atoms with Crippen LogP contribution < -0.4 is 11.1 Å². The van der Waals surface area contributed by atoms with Gasteiger partial charge in [0.15, 0.2) is 0 Å². The van der Waals surface area contributed by atoms with Crippen LogP contribution >= 0.6 is 0 Å². The largest absolute Gasteiger partial charge is 0.478 e. The van der Waals surface area contributed by atoms with Crippen LogP contribution in [-0.2, 0) is 4.74 Å². The van der Waals surface area contributed by atoms with Gasteiger partial charge in [0.25, 0.3) is 0 Å². The molecule has 4 N–H and O–H groups in total. The molecule has 110 valence electrons. The lowest BCUT2D eigenvalue weighted by Gasteiger charge is -2.52. The highest BCUT2D eigenvalue weighted by Crippen LogP contribution is 2.44. The maximum absolute atomic E-state index is 10.9. The summed E-state index contributed by atoms with van der Waals surface area (Å²) in [6.07, 6.45) is 1.19. The second-order valence-electron chi connectivity index (χ2n) is 5.81. The Morgan fingerprint density at radius 1 is 1.55 bits per heavy atom. The predicted octanol–water partition coefficient (Wildman–Crippen LogP) is 2.58. The van der Waals surface area contributed by atoms with Crippen LogP contribution in [0.15, 0.2) is 18.2 Å². The molecule has 0 aromatic heterocycles. The molecule has 1 saturated carbocycles. The average Bonchev–Trinajstić information content (AvgIpc) is 2.39. The zero-order chi connectivity index (χ0) is 14.9. The van der Waals surface area contributed by atoms with Gasteiger partial charge in [-0.2, -0.15) is 0 Å². The fourth-order valence-electron chi connectivity index (χ4n) is 2.63. The highest BCUT2D eigenvalue weighted by Gasteiger charge is 2.48. The molecule has 2 unspecified atom stereocenters. The Labute approximate surface area is 119 Å². The molecule has 0 aliphatic heterocycles. The molecule has 5 nitrogen and oxygen atoms in total. The molecule has 2 atom stereocenters. The van der Waals surface area contributed by atoms with Crippen LogP contribution in [0.1, 0.15) is 37.6 Å². The van der Waals surface area contributed by atoms with Crippen LogP contribution in [0.3, 0.4) is 0 Å². The van der Waals surface area contributed by atoms with Gasteiger partial charge < -0.3 is 20.9 Å². The summed E-state index contributed by atoms with van der Waals surface area (Å²) in [6, 6.07) is 5.04. The third-order valence-electron chi connectivity index (χ3n) is 4.17. The van der Waals surface area contributed by atoms with E-state index in [9.17, 15) is 4.79 Å². The number of nitrogen functional groups attached to an aromatic ring is 1. The molecule has 2 rings (SSSR count). The van der Waals surface area contributed by atoms with Crippen LogP contribution in [0, 0.1) is 5.41 Å². The number of anilines is 2. The molecule has 0 bridgehead atoms. The van der Waals surface area contributed by atoms with Gasteiger partial charge in [0.05, 0.1) is 23.0 Å². The van der Waals surface area contributed by atoms with E-state index in [4.69, 9.17) is 15.6 Å². The summed E-state index contributed by atoms with van der Waals surface area (Å²) in [5.74, 6) is -0.969. The molecule has 1 aliphatic rings. The molecule has 1 aromatic carbocycles. The van der Waals surface area contributed by atoms with E-state index in [1.54, 1.807) is 12.1 Å². The number of benzene rings is 1. The van der Waals surface area contributed by atoms with Gasteiger partial charge in [0.1, 0.15) is 0 Å². The van der Waals surface area contributed by atoms with Gasteiger partial charge in [0, 0.05) is 18.1 Å². The van der Waals surface area contributed by atoms with E-state index < -0.39 is 5.97 Å². The Hall–Kier alpha value is -1.75. The maximum Gasteiger partial charge on any atom is 0.335 e. The first kappa shape index (κ1) is 14.7. The average molecular weight is 278 g/mol. The number of ether oxygens (including phenoxy) is 1. The summed E-state index contributed by atoms with van der Waals surface area (Å²) < 4.78 is 5.69. The minimum Gasteiger partial charge on any atom is -0.478 e. The molecule has 5 heteroatoms. The number of carboxylic acid groups (broad SMARTS) is 1. The Morgan fingerprint density at radius 2 is 2.25 bits per heavy atom. The van der Waals surface area contributed by atoms with Crippen molar-refractivity contribution < 1.29 is 14.6 Å². The molecule has 0 saturated heterocycles. The SMILES string of the molecule is CCOC1CC(Nc2ccc(C(=O)O)cc2N)C1(C)C. The van der Waals surface area contributed by atoms with Crippen LogP contribution in [-0.4, -0.2) is 29.8 Å². The molecule has 20 heavy (non-hydrogen) atoms. The third-order valence-corrected chi connectivity index (χ3v) is 4.17. The Morgan fingerprint density at radius 3 is 2.75 bits per heavy atom. The molecule has 1 aliphatic carbocycles. The normalized spacial score (nSPS) is 23.9. The maximum atomic E-state index is 10.9. The number of carbonyl (C=O) groups is 1. The smallest absolute Gasteiger partial charge is 0.335 e. The van der Waals surface area contributed by atoms with Crippen molar-refractivity contribution in [3.8, 4) is 0 Å². The van der Waals surface area contributed by atoms with Gasteiger partial charge in [0.2, 0.25) is 0 Å². The monoisotopic (exact) mass is 278 g/mol. The van der Waals surface area contributed by atoms with Crippen LogP contribution in [0.2, 0.25) is 0 Å². The van der Waals surface area contributed by atoms with E-state index in [1.165, 1.54) is 6.07 Å². The topological polar surface area (TPSA) is 84.6 Å². The van der Waals surface area contributed by atoms with Gasteiger partial charge in [-0.1, -0.05) is 13.8 Å². The van der Waals surface area contributed by atoms with E-state index in [0.717, 1.165) is 18.7 Å². The van der Waals surface area contributed by atoms with Crippen LogP contribution in [0.4, 0.5) is 11.4 Å². The molecule has 0 radical (unpaired) electrons. The highest BCUT2D eigenvalue weighted by atomic mass is 16.5. The molecule has 0 amide bonds. The van der Waals surface area contributed by atoms with Gasteiger partial charge in [-0.25, -0.2) is 4.79 Å². The standard InChI is InChI=1S/C15H22N2O3/c1-4-20-13-8-12(15(13,2)3)17-11-6-5-9(14(18)19)7-10(11)16/h5-7,12-13,17H,4,8,16H2,1-3H3,(H,18,19). The summed E-state index contributed by atoms with van der Waals surface area (Å²) in [5, 5.41) is 12.3. The number of nitrogens with one attached hydrogen (secondary N) is 1. The number of hydrogen-bond acceptors (Lipinski definition) is 4. The van der Waals surface area contributed by atoms with Crippen molar-refractivity contribution in [2.45, 2.75) is 39.3 Å². The first-order chi connectivity index (χ1) is 9.36. The fraction of sp³-hybridized carbons (Fsp3) is 0.533. The molecule has 0 spiro atoms. The van der Waals surface area contributed by atoms with Crippen molar-refractivity contribution >= 4 is 17.3 Å². The number of aromatic carboxylic acids is 1. The summed E-state index contributed by atoms with van der Waals surface area (Å²) in [7, 11) is 0. The Balaban J connectivity index is 2.07. The summed E-state index contributed by atoms with van der Waals surface area (Å²) >= 11 is 0. The minimum atomic E-state index is -0.969. The Bertz CT molecular complexity index is 514. The first-order valence-electron chi connectivity index (χ1n) is 6.87. The quantitative estimate of drug-likeness (QED) is 0.721. The van der Waals surface area contributed by atoms with Crippen LogP contribution in [0.25, 0.3) is 0 Å². The summed E-state index contributed by atoms with van der Waals surface area (Å²) in [4.78, 5) is 10.9. The predicted molar refractivity (Wildman–Crippen MR) is 79.0 cm³/mol. The van der Waals surface area contributed by atoms with E-state index >= 15 is 0 Å². The van der Waals surface area contributed by atoms with E-state index in [-0.39, 0.29) is 23.1 Å². The number of nitrogens with two attached hydrogens (primary N) is 1. The zero-order valence-corrected chi connectivity index (χ0v) is 12.1. The summed E-state index contributed by atoms with van der Waals surface area (Å²) in [6.45, 7) is 7.04. The fourth-order valence-corrected chi connectivity index (χ4v) is 2.63. The minimum absolute atomic E-state index is 0.0356. The molecule has 0 heterocycles. The van der Waals surface area contributed by atoms with Crippen molar-refractivity contribution in [2.24, 2.45) is 5.41 Å². The van der Waals surface area contributed by atoms with Crippen molar-refractivity contribution in [3.63, 3.8) is 0 Å². The summed E-state index contributed by atoms with van der Waals surface area (Å²) in [5.41, 5.74) is 7.39. The molecule has 1 aromatic rings. The zero-order valence-electron chi connectivity index (χ0n) is 12.1. The number of rotatable bonds is 5. The lowest BCUT2D eigenvalue weighted by atomic mass is 9.64. The second kappa shape index (κ2) is 5.32. The molecular formula is C15H22N2O3. The van der Waals surface area contributed by atoms with Gasteiger partial charge >= 0.3 is 5.97 Å². The van der Waals surface area contributed by atoms with Crippen LogP contribution in [0.5, 0.6) is 0 Å². The van der Waals surface area contributed by atoms with Crippen molar-refractivity contribution in [3.05, 3.63) is 23.8 Å². The van der Waals surface area contributed by atoms with Gasteiger partial charge in [-0.3, -0.25) is 0 Å². The Kier molecular flexibility index (Phi) is 3.90. The van der Waals surface area contributed by atoms with Crippen molar-refractivity contribution in [1.82, 2.24) is 0 Å². The number of hydrogen-bond donors (Lipinski definition) is 3. The van der Waals surface area contributed by atoms with Gasteiger partial charge in [-0.15, -0.1) is 0 Å². The third kappa shape index (κ3) is 2.58. The lowest BCUT2D eigenvalue weighted by Crippen LogP contribution is -2.58. The molecule has 1 fully saturated rings. The van der Waals surface area contributed by atoms with E-state index in [1.807, 2.05) is 6.92 Å². The van der Waals surface area contributed by atoms with E-state index in [0.29, 0.717) is 5.69 Å². The first-order valence-corrected chi connectivity index (χ1v) is 6.87. The van der Waals surface area contributed by atoms with E-state index in [2.05, 4.69) is 19.2 Å².